The van der Waals surface area contributed by atoms with E-state index in [1.165, 1.54) is 10.9 Å². The normalized spacial score (nSPS) is 32.4. The van der Waals surface area contributed by atoms with E-state index in [-0.39, 0.29) is 30.1 Å². The first-order valence-electron chi connectivity index (χ1n) is 8.52. The summed E-state index contributed by atoms with van der Waals surface area (Å²) in [5, 5.41) is 0. The van der Waals surface area contributed by atoms with Crippen molar-refractivity contribution in [3.63, 3.8) is 0 Å². The molecule has 5 atom stereocenters. The molecular weight excluding hydrogens is 397 g/mol. The number of nitrogens with two attached hydrogens (primary N) is 1. The second-order valence-electron chi connectivity index (χ2n) is 6.38. The molecule has 0 bridgehead atoms. The number of ether oxygens (including phenoxy) is 2. The first-order chi connectivity index (χ1) is 13.3. The number of phosphoric acid groups is 1. The molecule has 2 saturated heterocycles. The number of nitrogen functional groups attached to an aromatic ring is 1. The number of aromatic nitrogens is 4. The van der Waals surface area contributed by atoms with Crippen molar-refractivity contribution in [2.45, 2.75) is 44.3 Å². The minimum Gasteiger partial charge on any atom is -0.455 e. The quantitative estimate of drug-likeness (QED) is 0.445. The van der Waals surface area contributed by atoms with E-state index < -0.39 is 43.9 Å². The second-order valence-corrected chi connectivity index (χ2v) is 7.79. The third kappa shape index (κ3) is 3.31. The van der Waals surface area contributed by atoms with Crippen LogP contribution in [0, 0.1) is 0 Å². The molecule has 152 valence electrons. The highest BCUT2D eigenvalue weighted by Gasteiger charge is 2.55. The number of hydrogen-bond donors (Lipinski definition) is 3. The Morgan fingerprint density at radius 1 is 1.57 bits per heavy atom. The number of nitrogens with zero attached hydrogens (tertiary/aromatic N) is 3. The predicted octanol–water partition coefficient (Wildman–Crippen LogP) is -0.173. The molecule has 2 aliphatic heterocycles. The van der Waals surface area contributed by atoms with Crippen LogP contribution < -0.4 is 11.3 Å². The Morgan fingerprint density at radius 3 is 3.11 bits per heavy atom. The molecule has 1 unspecified atom stereocenters. The molecule has 0 aliphatic carbocycles. The van der Waals surface area contributed by atoms with Gasteiger partial charge in [-0.1, -0.05) is 6.92 Å². The average Bonchev–Trinajstić information content (AvgIpc) is 3.16. The van der Waals surface area contributed by atoms with Crippen molar-refractivity contribution in [1.29, 1.82) is 0 Å². The van der Waals surface area contributed by atoms with Crippen LogP contribution in [0.4, 0.5) is 5.95 Å². The van der Waals surface area contributed by atoms with Crippen LogP contribution >= 0.6 is 7.82 Å². The molecule has 2 aromatic heterocycles. The number of carbonyl (C=O) groups is 1. The third-order valence-electron chi connectivity index (χ3n) is 4.39. The summed E-state index contributed by atoms with van der Waals surface area (Å²) in [6, 6.07) is 0. The van der Waals surface area contributed by atoms with Gasteiger partial charge in [-0.05, 0) is 6.42 Å². The van der Waals surface area contributed by atoms with Crippen LogP contribution in [0.5, 0.6) is 0 Å². The van der Waals surface area contributed by atoms with E-state index in [9.17, 15) is 19.0 Å². The fourth-order valence-electron chi connectivity index (χ4n) is 3.21. The Morgan fingerprint density at radius 2 is 2.36 bits per heavy atom. The molecule has 4 N–H and O–H groups in total. The molecule has 0 radical (unpaired) electrons. The average molecular weight is 415 g/mol. The lowest BCUT2D eigenvalue weighted by Crippen LogP contribution is -2.41. The first kappa shape index (κ1) is 19.0. The number of esters is 1. The topological polar surface area (TPSA) is 181 Å². The maximum Gasteiger partial charge on any atom is 0.472 e. The van der Waals surface area contributed by atoms with Crippen LogP contribution in [-0.4, -0.2) is 55.3 Å². The van der Waals surface area contributed by atoms with Crippen LogP contribution in [0.2, 0.25) is 0 Å². The van der Waals surface area contributed by atoms with E-state index in [0.717, 1.165) is 0 Å². The number of rotatable bonds is 4. The number of nitrogens with one attached hydrogen (secondary N) is 1. The zero-order valence-electron chi connectivity index (χ0n) is 14.7. The fourth-order valence-corrected chi connectivity index (χ4v) is 4.17. The van der Waals surface area contributed by atoms with Crippen LogP contribution in [0.25, 0.3) is 11.2 Å². The Bertz CT molecular complexity index is 1020. The molecule has 13 nitrogen and oxygen atoms in total. The molecule has 0 saturated carbocycles. The highest BCUT2D eigenvalue weighted by molar-refractivity contribution is 7.47. The van der Waals surface area contributed by atoms with E-state index in [1.54, 1.807) is 0 Å². The van der Waals surface area contributed by atoms with Gasteiger partial charge in [-0.3, -0.25) is 28.2 Å². The number of phosphoric ester groups is 1. The zero-order valence-corrected chi connectivity index (χ0v) is 15.6. The van der Waals surface area contributed by atoms with Crippen molar-refractivity contribution in [1.82, 2.24) is 19.5 Å². The van der Waals surface area contributed by atoms with Crippen LogP contribution in [0.3, 0.4) is 0 Å². The van der Waals surface area contributed by atoms with Gasteiger partial charge in [-0.15, -0.1) is 0 Å². The number of fused-ring (bicyclic) bond motifs is 2. The lowest BCUT2D eigenvalue weighted by molar-refractivity contribution is -0.158. The first-order valence-corrected chi connectivity index (χ1v) is 10.0. The summed E-state index contributed by atoms with van der Waals surface area (Å²) < 4.78 is 34.5. The van der Waals surface area contributed by atoms with E-state index in [0.29, 0.717) is 6.42 Å². The highest BCUT2D eigenvalue weighted by atomic mass is 31.2. The van der Waals surface area contributed by atoms with E-state index in [1.807, 2.05) is 6.92 Å². The molecule has 2 aromatic rings. The van der Waals surface area contributed by atoms with Gasteiger partial charge in [-0.2, -0.15) is 4.98 Å². The summed E-state index contributed by atoms with van der Waals surface area (Å²) in [5.74, 6) is -0.659. The third-order valence-corrected chi connectivity index (χ3v) is 5.37. The molecule has 0 aromatic carbocycles. The number of aromatic amines is 1. The second kappa shape index (κ2) is 6.94. The fraction of sp³-hybridized carbons (Fsp3) is 0.571. The van der Waals surface area contributed by atoms with Gasteiger partial charge in [-0.25, -0.2) is 9.55 Å². The predicted molar refractivity (Wildman–Crippen MR) is 91.9 cm³/mol. The summed E-state index contributed by atoms with van der Waals surface area (Å²) in [6.45, 7) is 1.57. The SMILES string of the molecule is CCCC(=O)O[C@@H]1[C@@H]2OP(=O)(O)OC[C@H]2O[C@@H]1n1cnc2c(=O)[nH]c(N)nc21. The molecule has 4 rings (SSSR count). The minimum atomic E-state index is -4.31. The molecule has 2 fully saturated rings. The Kier molecular flexibility index (Phi) is 4.71. The molecule has 28 heavy (non-hydrogen) atoms. The molecule has 4 heterocycles. The van der Waals surface area contributed by atoms with E-state index in [4.69, 9.17) is 24.3 Å². The van der Waals surface area contributed by atoms with Crippen LogP contribution in [-0.2, 0) is 27.9 Å². The summed E-state index contributed by atoms with van der Waals surface area (Å²) in [7, 11) is -4.31. The highest BCUT2D eigenvalue weighted by Crippen LogP contribution is 2.53. The maximum absolute atomic E-state index is 12.1. The largest absolute Gasteiger partial charge is 0.472 e. The summed E-state index contributed by atoms with van der Waals surface area (Å²) in [5.41, 5.74) is 5.18. The summed E-state index contributed by atoms with van der Waals surface area (Å²) in [6.07, 6.45) is -1.96. The van der Waals surface area contributed by atoms with Gasteiger partial charge in [0.2, 0.25) is 5.95 Å². The Labute approximate surface area is 157 Å². The van der Waals surface area contributed by atoms with Gasteiger partial charge in [0.15, 0.2) is 23.5 Å². The lowest BCUT2D eigenvalue weighted by atomic mass is 10.1. The van der Waals surface area contributed by atoms with Crippen molar-refractivity contribution < 1.29 is 32.8 Å². The van der Waals surface area contributed by atoms with Crippen molar-refractivity contribution in [3.8, 4) is 0 Å². The minimum absolute atomic E-state index is 0.0105. The summed E-state index contributed by atoms with van der Waals surface area (Å²) in [4.78, 5) is 44.2. The van der Waals surface area contributed by atoms with Crippen LogP contribution in [0.15, 0.2) is 11.1 Å². The van der Waals surface area contributed by atoms with Gasteiger partial charge in [0.25, 0.3) is 5.56 Å². The van der Waals surface area contributed by atoms with Gasteiger partial charge in [0, 0.05) is 6.42 Å². The summed E-state index contributed by atoms with van der Waals surface area (Å²) >= 11 is 0. The molecule has 0 amide bonds. The lowest BCUT2D eigenvalue weighted by Gasteiger charge is -2.29. The van der Waals surface area contributed by atoms with E-state index in [2.05, 4.69) is 15.0 Å². The Balaban J connectivity index is 1.75. The van der Waals surface area contributed by atoms with Crippen molar-refractivity contribution in [2.24, 2.45) is 0 Å². The van der Waals surface area contributed by atoms with Crippen molar-refractivity contribution in [2.75, 3.05) is 12.3 Å². The van der Waals surface area contributed by atoms with Gasteiger partial charge in [0.05, 0.1) is 12.9 Å². The van der Waals surface area contributed by atoms with Crippen molar-refractivity contribution in [3.05, 3.63) is 16.7 Å². The zero-order chi connectivity index (χ0) is 20.1. The maximum atomic E-state index is 12.1. The monoisotopic (exact) mass is 415 g/mol. The number of H-pyrrole nitrogens is 1. The number of hydrogen-bond acceptors (Lipinski definition) is 10. The molecule has 0 spiro atoms. The smallest absolute Gasteiger partial charge is 0.455 e. The number of carbonyl (C=O) groups excluding carboxylic acids is 1. The molecule has 2 aliphatic rings. The number of imidazole rings is 1. The van der Waals surface area contributed by atoms with Crippen LogP contribution in [0.1, 0.15) is 26.0 Å². The van der Waals surface area contributed by atoms with Gasteiger partial charge in [0.1, 0.15) is 12.2 Å². The standard InChI is InChI=1S/C14H18N5O8P/c1-2-3-7(20)26-10-9-6(4-24-28(22,23)27-9)25-13(10)19-5-16-8-11(19)17-14(15)18-12(8)21/h5-6,9-10,13H,2-4H2,1H3,(H,22,23)(H3,15,17,18,21)/t6-,9-,10-,13+/m1/s1. The molecule has 14 heteroatoms. The molecular formula is C14H18N5O8P. The van der Waals surface area contributed by atoms with E-state index >= 15 is 0 Å². The Hall–Kier alpha value is -2.31. The number of anilines is 1. The van der Waals surface area contributed by atoms with Gasteiger partial charge >= 0.3 is 13.8 Å². The van der Waals surface area contributed by atoms with Gasteiger partial charge < -0.3 is 20.1 Å². The van der Waals surface area contributed by atoms with Crippen molar-refractivity contribution >= 4 is 30.9 Å².